The number of nitrogens with zero attached hydrogens (tertiary/aromatic N) is 2. The predicted octanol–water partition coefficient (Wildman–Crippen LogP) is 7.67. The quantitative estimate of drug-likeness (QED) is 0.154. The Morgan fingerprint density at radius 3 is 1.14 bits per heavy atom. The Hall–Kier alpha value is -5.88. The number of pyridine rings is 2. The molecule has 0 unspecified atom stereocenters. The highest BCUT2D eigenvalue weighted by atomic mass is 16.1. The van der Waals surface area contributed by atoms with Gasteiger partial charge in [-0.25, -0.2) is 0 Å². The molecule has 194 valence electrons. The second-order valence-corrected chi connectivity index (χ2v) is 11.4. The smallest absolute Gasteiger partial charge is 0.264 e. The van der Waals surface area contributed by atoms with Crippen LogP contribution in [0.2, 0.25) is 0 Å². The van der Waals surface area contributed by atoms with E-state index >= 15 is 0 Å². The molecular formula is C36H18N4O2. The summed E-state index contributed by atoms with van der Waals surface area (Å²) in [6.45, 7) is 0. The van der Waals surface area contributed by atoms with Gasteiger partial charge in [0.05, 0.1) is 22.1 Å². The van der Waals surface area contributed by atoms with E-state index in [2.05, 4.69) is 46.4 Å². The Morgan fingerprint density at radius 1 is 0.381 bits per heavy atom. The molecule has 6 heteroatoms. The van der Waals surface area contributed by atoms with Crippen molar-refractivity contribution in [1.29, 1.82) is 0 Å². The third-order valence-electron chi connectivity index (χ3n) is 9.52. The van der Waals surface area contributed by atoms with E-state index in [9.17, 15) is 9.59 Å². The zero-order valence-electron chi connectivity index (χ0n) is 21.9. The molecule has 6 nitrogen and oxygen atoms in total. The lowest BCUT2D eigenvalue weighted by atomic mass is 9.86. The van der Waals surface area contributed by atoms with Crippen molar-refractivity contribution in [3.8, 4) is 0 Å². The molecule has 4 heterocycles. The molecule has 4 aromatic heterocycles. The summed E-state index contributed by atoms with van der Waals surface area (Å²) in [7, 11) is 0. The molecule has 7 aromatic carbocycles. The van der Waals surface area contributed by atoms with Crippen LogP contribution in [0.15, 0.2) is 107 Å². The topological polar surface area (TPSA) is 74.5 Å². The van der Waals surface area contributed by atoms with E-state index in [1.165, 1.54) is 0 Å². The predicted molar refractivity (Wildman–Crippen MR) is 172 cm³/mol. The minimum atomic E-state index is -0.0244. The number of fused-ring (bicyclic) bond motifs is 10. The average molecular weight is 539 g/mol. The van der Waals surface area contributed by atoms with E-state index in [1.807, 2.05) is 60.7 Å². The lowest BCUT2D eigenvalue weighted by Gasteiger charge is -2.18. The number of aromatic amines is 2. The lowest BCUT2D eigenvalue weighted by Crippen LogP contribution is -2.14. The number of hydrogen-bond donors (Lipinski definition) is 2. The van der Waals surface area contributed by atoms with Crippen molar-refractivity contribution in [2.24, 2.45) is 0 Å². The normalized spacial score (nSPS) is 13.0. The Labute approximate surface area is 234 Å². The van der Waals surface area contributed by atoms with Crippen molar-refractivity contribution in [3.05, 3.63) is 118 Å². The third kappa shape index (κ3) is 2.14. The number of rotatable bonds is 0. The fourth-order valence-corrected chi connectivity index (χ4v) is 7.83. The van der Waals surface area contributed by atoms with Gasteiger partial charge in [-0.15, -0.1) is 0 Å². The molecular weight excluding hydrogens is 520 g/mol. The first-order valence-corrected chi connectivity index (χ1v) is 14.0. The zero-order valence-corrected chi connectivity index (χ0v) is 21.9. The maximum atomic E-state index is 14.0. The molecule has 2 N–H and O–H groups in total. The average Bonchev–Trinajstić information content (AvgIpc) is 3.61. The number of nitrogens with one attached hydrogen (secondary N) is 2. The Morgan fingerprint density at radius 2 is 0.714 bits per heavy atom. The second-order valence-electron chi connectivity index (χ2n) is 11.4. The standard InChI is InChI=1S/C36H18N4O2/c41-35-23-15-11-19-18-10-14-22-32-24(36(42)40-28-8-4-2-6-26(28)38-34(22)40)16-12-20(30(18)32)17-9-13-21(31(23)29(17)19)33-37-25-5-1-3-7-27(25)39(33)35/h1-16,37-38H. The van der Waals surface area contributed by atoms with Crippen LogP contribution in [-0.2, 0) is 0 Å². The van der Waals surface area contributed by atoms with Crippen LogP contribution in [0.4, 0.5) is 0 Å². The number of aromatic nitrogens is 4. The molecule has 0 atom stereocenters. The first kappa shape index (κ1) is 20.9. The van der Waals surface area contributed by atoms with E-state index < -0.39 is 0 Å². The van der Waals surface area contributed by atoms with E-state index in [-0.39, 0.29) is 11.1 Å². The Kier molecular flexibility index (Phi) is 3.34. The van der Waals surface area contributed by atoms with Gasteiger partial charge in [0.1, 0.15) is 11.3 Å². The first-order chi connectivity index (χ1) is 20.7. The molecule has 0 spiro atoms. The summed E-state index contributed by atoms with van der Waals surface area (Å²) < 4.78 is 3.61. The van der Waals surface area contributed by atoms with Crippen molar-refractivity contribution in [2.75, 3.05) is 0 Å². The van der Waals surface area contributed by atoms with Gasteiger partial charge >= 0.3 is 0 Å². The lowest BCUT2D eigenvalue weighted by molar-refractivity contribution is 1.19. The summed E-state index contributed by atoms with van der Waals surface area (Å²) in [5, 5.41) is 11.9. The Bertz CT molecular complexity index is 2890. The van der Waals surface area contributed by atoms with Crippen LogP contribution in [0.25, 0.3) is 98.0 Å². The van der Waals surface area contributed by atoms with Gasteiger partial charge in [-0.3, -0.25) is 18.4 Å². The highest BCUT2D eigenvalue weighted by Gasteiger charge is 2.23. The first-order valence-electron chi connectivity index (χ1n) is 14.0. The summed E-state index contributed by atoms with van der Waals surface area (Å²) in [4.78, 5) is 35.0. The largest absolute Gasteiger partial charge is 0.339 e. The summed E-state index contributed by atoms with van der Waals surface area (Å²) in [6, 6.07) is 32.6. The number of benzene rings is 7. The zero-order chi connectivity index (χ0) is 27.4. The molecule has 0 fully saturated rings. The van der Waals surface area contributed by atoms with E-state index in [0.717, 1.165) is 87.2 Å². The van der Waals surface area contributed by atoms with Gasteiger partial charge in [0.25, 0.3) is 11.1 Å². The van der Waals surface area contributed by atoms with E-state index in [1.54, 1.807) is 8.80 Å². The number of hydrogen-bond acceptors (Lipinski definition) is 2. The van der Waals surface area contributed by atoms with Gasteiger partial charge in [0.15, 0.2) is 0 Å². The molecule has 11 rings (SSSR count). The van der Waals surface area contributed by atoms with Crippen LogP contribution in [-0.4, -0.2) is 18.8 Å². The number of imidazole rings is 2. The molecule has 0 radical (unpaired) electrons. The summed E-state index contributed by atoms with van der Waals surface area (Å²) in [5.74, 6) is 0. The minimum Gasteiger partial charge on any atom is -0.339 e. The SMILES string of the molecule is O=c1c2ccc3c4ccc5c6c(ccc(c7ccc(c2c37)c2[nH]c3ccccc3n12)c46)c(=O)n1c2ccccc2[nH]c51. The minimum absolute atomic E-state index is 0.0244. The highest BCUT2D eigenvalue weighted by molar-refractivity contribution is 6.40. The van der Waals surface area contributed by atoms with Gasteiger partial charge in [-0.2, -0.15) is 0 Å². The maximum Gasteiger partial charge on any atom is 0.264 e. The summed E-state index contributed by atoms with van der Waals surface area (Å²) >= 11 is 0. The van der Waals surface area contributed by atoms with Crippen LogP contribution in [0, 0.1) is 0 Å². The maximum absolute atomic E-state index is 14.0. The van der Waals surface area contributed by atoms with Crippen molar-refractivity contribution >= 4 is 98.0 Å². The van der Waals surface area contributed by atoms with E-state index in [0.29, 0.717) is 10.8 Å². The van der Waals surface area contributed by atoms with Crippen molar-refractivity contribution in [3.63, 3.8) is 0 Å². The van der Waals surface area contributed by atoms with E-state index in [4.69, 9.17) is 0 Å². The number of H-pyrrole nitrogens is 2. The summed E-state index contributed by atoms with van der Waals surface area (Å²) in [6.07, 6.45) is 0. The van der Waals surface area contributed by atoms with Crippen molar-refractivity contribution in [2.45, 2.75) is 0 Å². The van der Waals surface area contributed by atoms with Crippen LogP contribution >= 0.6 is 0 Å². The molecule has 0 saturated heterocycles. The molecule has 0 amide bonds. The number of para-hydroxylation sites is 4. The van der Waals surface area contributed by atoms with Crippen LogP contribution in [0.5, 0.6) is 0 Å². The van der Waals surface area contributed by atoms with Crippen molar-refractivity contribution in [1.82, 2.24) is 18.8 Å². The van der Waals surface area contributed by atoms with Crippen LogP contribution in [0.1, 0.15) is 0 Å². The molecule has 11 aromatic rings. The molecule has 0 bridgehead atoms. The van der Waals surface area contributed by atoms with Gasteiger partial charge in [-0.1, -0.05) is 60.7 Å². The summed E-state index contributed by atoms with van der Waals surface area (Å²) in [5.41, 5.74) is 5.18. The van der Waals surface area contributed by atoms with Crippen LogP contribution < -0.4 is 11.1 Å². The Balaban J connectivity index is 1.41. The highest BCUT2D eigenvalue weighted by Crippen LogP contribution is 2.45. The van der Waals surface area contributed by atoms with Gasteiger partial charge in [0.2, 0.25) is 0 Å². The fraction of sp³-hybridized carbons (Fsp3) is 0. The molecule has 0 aliphatic carbocycles. The van der Waals surface area contributed by atoms with Crippen LogP contribution in [0.3, 0.4) is 0 Å². The molecule has 0 aliphatic heterocycles. The molecule has 0 saturated carbocycles. The fourth-order valence-electron chi connectivity index (χ4n) is 7.83. The van der Waals surface area contributed by atoms with Gasteiger partial charge in [0, 0.05) is 32.3 Å². The second kappa shape index (κ2) is 6.70. The van der Waals surface area contributed by atoms with Gasteiger partial charge < -0.3 is 9.97 Å². The molecule has 0 aliphatic rings. The van der Waals surface area contributed by atoms with Crippen molar-refractivity contribution < 1.29 is 0 Å². The van der Waals surface area contributed by atoms with Gasteiger partial charge in [-0.05, 0) is 68.7 Å². The molecule has 42 heavy (non-hydrogen) atoms. The monoisotopic (exact) mass is 538 g/mol. The third-order valence-corrected chi connectivity index (χ3v) is 9.52.